The Labute approximate surface area is 200 Å². The number of hydrogen-bond acceptors (Lipinski definition) is 4. The van der Waals surface area contributed by atoms with Crippen LogP contribution in [-0.2, 0) is 20.1 Å². The van der Waals surface area contributed by atoms with E-state index in [0.29, 0.717) is 33.7 Å². The molecule has 0 radical (unpaired) electrons. The van der Waals surface area contributed by atoms with Gasteiger partial charge >= 0.3 is 5.69 Å². The molecule has 2 aromatic carbocycles. The largest absolute Gasteiger partial charge is 0.332 e. The normalized spacial score (nSPS) is 13.5. The molecule has 0 unspecified atom stereocenters. The van der Waals surface area contributed by atoms with E-state index in [9.17, 15) is 9.59 Å². The lowest BCUT2D eigenvalue weighted by Gasteiger charge is -2.29. The monoisotopic (exact) mass is 483 g/mol. The Morgan fingerprint density at radius 3 is 2.39 bits per heavy atom. The molecule has 4 aromatic rings. The topological polar surface area (TPSA) is 65.1 Å². The first kappa shape index (κ1) is 21.8. The van der Waals surface area contributed by atoms with E-state index < -0.39 is 5.69 Å². The van der Waals surface area contributed by atoms with Crippen molar-refractivity contribution in [3.05, 3.63) is 84.0 Å². The lowest BCUT2D eigenvalue weighted by atomic mass is 10.1. The number of hydrogen-bond donors (Lipinski definition) is 0. The summed E-state index contributed by atoms with van der Waals surface area (Å²) in [4.78, 5) is 33.6. The fraction of sp³-hybridized carbons (Fsp3) is 0.292. The van der Waals surface area contributed by atoms with E-state index in [1.54, 1.807) is 25.2 Å². The van der Waals surface area contributed by atoms with Crippen molar-refractivity contribution in [1.82, 2.24) is 18.7 Å². The fourth-order valence-electron chi connectivity index (χ4n) is 4.58. The maximum Gasteiger partial charge on any atom is 0.332 e. The molecule has 1 aliphatic rings. The molecule has 3 heterocycles. The van der Waals surface area contributed by atoms with Crippen molar-refractivity contribution >= 4 is 46.0 Å². The summed E-state index contributed by atoms with van der Waals surface area (Å²) in [5.41, 5.74) is 4.11. The van der Waals surface area contributed by atoms with Gasteiger partial charge < -0.3 is 9.47 Å². The molecule has 5 rings (SSSR count). The number of fused-ring (bicyclic) bond motifs is 3. The van der Waals surface area contributed by atoms with Gasteiger partial charge in [0.15, 0.2) is 11.2 Å². The third kappa shape index (κ3) is 3.65. The van der Waals surface area contributed by atoms with Crippen LogP contribution in [0.5, 0.6) is 0 Å². The second kappa shape index (κ2) is 8.08. The molecule has 0 atom stereocenters. The van der Waals surface area contributed by atoms with E-state index in [0.717, 1.165) is 35.3 Å². The first-order valence-electron chi connectivity index (χ1n) is 10.7. The van der Waals surface area contributed by atoms with Crippen molar-refractivity contribution in [2.75, 3.05) is 11.4 Å². The Kier molecular flexibility index (Phi) is 5.34. The van der Waals surface area contributed by atoms with Crippen LogP contribution < -0.4 is 16.1 Å². The Hall–Kier alpha value is -3.03. The van der Waals surface area contributed by atoms with Gasteiger partial charge in [-0.05, 0) is 61.2 Å². The van der Waals surface area contributed by atoms with Gasteiger partial charge in [-0.2, -0.15) is 4.98 Å². The molecule has 2 aromatic heterocycles. The van der Waals surface area contributed by atoms with E-state index in [-0.39, 0.29) is 12.1 Å². The fourth-order valence-corrected chi connectivity index (χ4v) is 4.90. The van der Waals surface area contributed by atoms with E-state index in [4.69, 9.17) is 28.2 Å². The van der Waals surface area contributed by atoms with Crippen molar-refractivity contribution in [3.63, 3.8) is 0 Å². The highest BCUT2D eigenvalue weighted by atomic mass is 35.5. The molecule has 33 heavy (non-hydrogen) atoms. The van der Waals surface area contributed by atoms with Gasteiger partial charge in [0.25, 0.3) is 5.56 Å². The molecule has 1 aliphatic heterocycles. The lowest BCUT2D eigenvalue weighted by Crippen LogP contribution is -2.40. The van der Waals surface area contributed by atoms with E-state index in [1.165, 1.54) is 9.13 Å². The highest BCUT2D eigenvalue weighted by Crippen LogP contribution is 2.32. The Bertz CT molecular complexity index is 1510. The summed E-state index contributed by atoms with van der Waals surface area (Å²) in [7, 11) is 1.65. The number of aromatic nitrogens is 4. The summed E-state index contributed by atoms with van der Waals surface area (Å²) in [5.74, 6) is 0.681. The molecular weight excluding hydrogens is 461 g/mol. The van der Waals surface area contributed by atoms with Crippen molar-refractivity contribution in [3.8, 4) is 0 Å². The minimum Gasteiger partial charge on any atom is -0.312 e. The van der Waals surface area contributed by atoms with Crippen LogP contribution in [0.2, 0.25) is 10.0 Å². The van der Waals surface area contributed by atoms with E-state index in [2.05, 4.69) is 36.9 Å². The van der Waals surface area contributed by atoms with E-state index in [1.807, 2.05) is 4.57 Å². The van der Waals surface area contributed by atoms with Crippen LogP contribution in [0.4, 0.5) is 11.6 Å². The van der Waals surface area contributed by atoms with Crippen molar-refractivity contribution < 1.29 is 0 Å². The zero-order chi connectivity index (χ0) is 23.4. The number of halogens is 2. The van der Waals surface area contributed by atoms with Gasteiger partial charge in [-0.3, -0.25) is 13.9 Å². The number of aryl methyl sites for hydroxylation is 4. The van der Waals surface area contributed by atoms with Crippen LogP contribution >= 0.6 is 23.2 Å². The lowest BCUT2D eigenvalue weighted by molar-refractivity contribution is 0.597. The zero-order valence-electron chi connectivity index (χ0n) is 18.6. The van der Waals surface area contributed by atoms with Gasteiger partial charge in [0.05, 0.1) is 16.6 Å². The first-order chi connectivity index (χ1) is 15.7. The summed E-state index contributed by atoms with van der Waals surface area (Å²) in [6, 6.07) is 11.5. The summed E-state index contributed by atoms with van der Waals surface area (Å²) in [6.07, 6.45) is 0.862. The van der Waals surface area contributed by atoms with Crippen LogP contribution in [-0.4, -0.2) is 25.2 Å². The molecule has 0 saturated carbocycles. The maximum absolute atomic E-state index is 13.6. The van der Waals surface area contributed by atoms with Gasteiger partial charge in [-0.1, -0.05) is 35.3 Å². The van der Waals surface area contributed by atoms with Crippen LogP contribution in [0.3, 0.4) is 0 Å². The van der Waals surface area contributed by atoms with Crippen molar-refractivity contribution in [2.24, 2.45) is 7.05 Å². The number of benzene rings is 2. The summed E-state index contributed by atoms with van der Waals surface area (Å²) in [6.45, 7) is 5.67. The highest BCUT2D eigenvalue weighted by molar-refractivity contribution is 6.42. The molecule has 9 heteroatoms. The Balaban J connectivity index is 1.69. The summed E-state index contributed by atoms with van der Waals surface area (Å²) in [5, 5.41) is 0.804. The summed E-state index contributed by atoms with van der Waals surface area (Å²) >= 11 is 12.2. The number of nitrogens with zero attached hydrogens (tertiary/aromatic N) is 5. The van der Waals surface area contributed by atoms with Gasteiger partial charge in [0.2, 0.25) is 5.95 Å². The number of imidazole rings is 1. The quantitative estimate of drug-likeness (QED) is 0.432. The molecule has 0 saturated heterocycles. The molecule has 0 N–H and O–H groups in total. The average molecular weight is 484 g/mol. The number of anilines is 2. The molecule has 0 aliphatic carbocycles. The Morgan fingerprint density at radius 1 is 0.970 bits per heavy atom. The predicted octanol–water partition coefficient (Wildman–Crippen LogP) is 4.41. The number of rotatable bonds is 3. The van der Waals surface area contributed by atoms with Gasteiger partial charge in [-0.25, -0.2) is 4.79 Å². The highest BCUT2D eigenvalue weighted by Gasteiger charge is 2.27. The molecule has 0 spiro atoms. The van der Waals surface area contributed by atoms with E-state index >= 15 is 0 Å². The molecule has 0 bridgehead atoms. The molecule has 7 nitrogen and oxygen atoms in total. The van der Waals surface area contributed by atoms with Crippen LogP contribution in [0.25, 0.3) is 11.2 Å². The van der Waals surface area contributed by atoms with Gasteiger partial charge in [-0.15, -0.1) is 0 Å². The first-order valence-corrected chi connectivity index (χ1v) is 11.5. The molecule has 0 fully saturated rings. The van der Waals surface area contributed by atoms with Crippen LogP contribution in [0.15, 0.2) is 46.0 Å². The Morgan fingerprint density at radius 2 is 1.70 bits per heavy atom. The van der Waals surface area contributed by atoms with Crippen molar-refractivity contribution in [2.45, 2.75) is 33.4 Å². The molecule has 0 amide bonds. The third-order valence-corrected chi connectivity index (χ3v) is 6.80. The minimum atomic E-state index is -0.424. The van der Waals surface area contributed by atoms with Gasteiger partial charge in [0, 0.05) is 25.8 Å². The van der Waals surface area contributed by atoms with Crippen LogP contribution in [0, 0.1) is 13.8 Å². The SMILES string of the molecule is Cc1cc(C)cc(N2CCCn3c2nc2c3c(=O)n(Cc3ccc(Cl)c(Cl)c3)c(=O)n2C)c1. The minimum absolute atomic E-state index is 0.0969. The van der Waals surface area contributed by atoms with Crippen LogP contribution in [0.1, 0.15) is 23.1 Å². The molecular formula is C24H23Cl2N5O2. The smallest absolute Gasteiger partial charge is 0.312 e. The van der Waals surface area contributed by atoms with Gasteiger partial charge in [0.1, 0.15) is 0 Å². The van der Waals surface area contributed by atoms with Crippen molar-refractivity contribution in [1.29, 1.82) is 0 Å². The second-order valence-electron chi connectivity index (χ2n) is 8.57. The summed E-state index contributed by atoms with van der Waals surface area (Å²) < 4.78 is 4.61. The molecule has 170 valence electrons. The maximum atomic E-state index is 13.6. The third-order valence-electron chi connectivity index (χ3n) is 6.06. The predicted molar refractivity (Wildman–Crippen MR) is 132 cm³/mol. The standard InChI is InChI=1S/C24H23Cl2N5O2/c1-14-9-15(2)11-17(10-14)29-7-4-8-30-20-21(27-23(29)30)28(3)24(33)31(22(20)32)13-16-5-6-18(25)19(26)12-16/h5-6,9-12H,4,7-8,13H2,1-3H3. The zero-order valence-corrected chi connectivity index (χ0v) is 20.1. The second-order valence-corrected chi connectivity index (χ2v) is 9.38. The average Bonchev–Trinajstić information content (AvgIpc) is 3.17.